The molecule has 0 amide bonds. The van der Waals surface area contributed by atoms with Crippen molar-refractivity contribution in [2.24, 2.45) is 0 Å². The highest BCUT2D eigenvalue weighted by Gasteiger charge is 2.19. The fraction of sp³-hybridized carbons (Fsp3) is 0.721. The predicted octanol–water partition coefficient (Wildman–Crippen LogP) is 18.8. The normalized spacial score (nSPS) is 12.7. The number of allylic oxidation sites excluding steroid dienone is 14. The van der Waals surface area contributed by atoms with Crippen LogP contribution in [0.25, 0.3) is 0 Å². The second-order valence-electron chi connectivity index (χ2n) is 18.6. The molecule has 0 fully saturated rings. The number of hydrogen-bond donors (Lipinski definition) is 0. The Morgan fingerprint density at radius 1 is 0.299 bits per heavy atom. The van der Waals surface area contributed by atoms with Crippen LogP contribution < -0.4 is 0 Å². The van der Waals surface area contributed by atoms with E-state index in [0.29, 0.717) is 19.3 Å². The maximum absolute atomic E-state index is 12.8. The average Bonchev–Trinajstić information content (AvgIpc) is 3.33. The smallest absolute Gasteiger partial charge is 0.306 e. The summed E-state index contributed by atoms with van der Waals surface area (Å²) >= 11 is 0. The lowest BCUT2D eigenvalue weighted by molar-refractivity contribution is -0.167. The molecule has 0 aromatic carbocycles. The van der Waals surface area contributed by atoms with Crippen molar-refractivity contribution in [1.82, 2.24) is 0 Å². The number of esters is 3. The highest BCUT2D eigenvalue weighted by Crippen LogP contribution is 2.14. The van der Waals surface area contributed by atoms with Gasteiger partial charge in [-0.3, -0.25) is 14.4 Å². The lowest BCUT2D eigenvalue weighted by Crippen LogP contribution is -2.30. The summed E-state index contributed by atoms with van der Waals surface area (Å²) in [6.07, 6.45) is 71.3. The van der Waals surface area contributed by atoms with Crippen LogP contribution in [0.2, 0.25) is 0 Å². The fourth-order valence-corrected chi connectivity index (χ4v) is 7.67. The molecule has 0 spiro atoms. The van der Waals surface area contributed by atoms with E-state index in [2.05, 4.69) is 106 Å². The van der Waals surface area contributed by atoms with Crippen molar-refractivity contribution in [3.63, 3.8) is 0 Å². The minimum atomic E-state index is -0.802. The van der Waals surface area contributed by atoms with Crippen LogP contribution in [0.5, 0.6) is 0 Å². The Kier molecular flexibility index (Phi) is 52.4. The number of ether oxygens (including phenoxy) is 3. The first-order valence-electron chi connectivity index (χ1n) is 28.2. The van der Waals surface area contributed by atoms with Crippen LogP contribution in [0.3, 0.4) is 0 Å². The number of carbonyl (C=O) groups is 3. The molecule has 0 aliphatic carbocycles. The van der Waals surface area contributed by atoms with Gasteiger partial charge in [-0.15, -0.1) is 0 Å². The summed E-state index contributed by atoms with van der Waals surface area (Å²) in [5.41, 5.74) is 0. The summed E-state index contributed by atoms with van der Waals surface area (Å²) < 4.78 is 16.8. The first-order chi connectivity index (χ1) is 33.0. The summed E-state index contributed by atoms with van der Waals surface area (Å²) in [7, 11) is 0. The summed E-state index contributed by atoms with van der Waals surface area (Å²) in [6.45, 7) is 6.56. The third-order valence-electron chi connectivity index (χ3n) is 12.0. The molecule has 0 aliphatic rings. The standard InChI is InChI=1S/C61H104O6/c1-4-7-10-13-16-19-22-25-27-29-31-33-36-39-42-45-48-51-54-60(63)66-57-58(56-65-59(62)53-50-47-44-41-38-35-24-21-18-15-12-9-6-3)67-61(64)55-52-49-46-43-40-37-34-32-30-28-26-23-20-17-14-11-8-5-2/h22-23,25-35,38,58H,4-21,24,36-37,39-57H2,1-3H3/b25-22-,26-23-,29-27-,30-28-,33-31-,34-32-,38-35-. The van der Waals surface area contributed by atoms with E-state index in [1.54, 1.807) is 0 Å². The van der Waals surface area contributed by atoms with Crippen LogP contribution in [0.15, 0.2) is 85.1 Å². The molecule has 0 rings (SSSR count). The van der Waals surface area contributed by atoms with Gasteiger partial charge in [0.2, 0.25) is 0 Å². The molecule has 0 radical (unpaired) electrons. The predicted molar refractivity (Wildman–Crippen MR) is 288 cm³/mol. The largest absolute Gasteiger partial charge is 0.462 e. The molecule has 0 bridgehead atoms. The van der Waals surface area contributed by atoms with Crippen LogP contribution in [0, 0.1) is 0 Å². The number of carbonyl (C=O) groups excluding carboxylic acids is 3. The van der Waals surface area contributed by atoms with Crippen LogP contribution >= 0.6 is 0 Å². The van der Waals surface area contributed by atoms with E-state index in [1.807, 2.05) is 0 Å². The van der Waals surface area contributed by atoms with Gasteiger partial charge in [-0.25, -0.2) is 0 Å². The topological polar surface area (TPSA) is 78.9 Å². The van der Waals surface area contributed by atoms with E-state index in [0.717, 1.165) is 122 Å². The van der Waals surface area contributed by atoms with Gasteiger partial charge < -0.3 is 14.2 Å². The van der Waals surface area contributed by atoms with E-state index in [9.17, 15) is 14.4 Å². The molecule has 0 N–H and O–H groups in total. The molecule has 0 saturated heterocycles. The Hall–Kier alpha value is -3.41. The number of hydrogen-bond acceptors (Lipinski definition) is 6. The second-order valence-corrected chi connectivity index (χ2v) is 18.6. The molecule has 1 unspecified atom stereocenters. The van der Waals surface area contributed by atoms with Crippen molar-refractivity contribution >= 4 is 17.9 Å². The zero-order valence-corrected chi connectivity index (χ0v) is 43.9. The lowest BCUT2D eigenvalue weighted by atomic mass is 10.1. The third-order valence-corrected chi connectivity index (χ3v) is 12.0. The quantitative estimate of drug-likeness (QED) is 0.0199. The molecule has 0 heterocycles. The van der Waals surface area contributed by atoms with Gasteiger partial charge in [0.25, 0.3) is 0 Å². The molecule has 6 heteroatoms. The van der Waals surface area contributed by atoms with Gasteiger partial charge in [0.05, 0.1) is 0 Å². The third kappa shape index (κ3) is 53.4. The highest BCUT2D eigenvalue weighted by molar-refractivity contribution is 5.71. The SMILES string of the molecule is CCCCCCC\C=C/C=C\C=C/CCCCCCCC(=O)OCC(COC(=O)CCCCC/C=C\CCCCCCCC)OC(=O)CCCCCCC\C=C/C=C\C=C/CCCCCCC. The van der Waals surface area contributed by atoms with Crippen molar-refractivity contribution in [1.29, 1.82) is 0 Å². The minimum Gasteiger partial charge on any atom is -0.462 e. The lowest BCUT2D eigenvalue weighted by Gasteiger charge is -2.18. The van der Waals surface area contributed by atoms with Crippen molar-refractivity contribution < 1.29 is 28.6 Å². The number of rotatable bonds is 50. The molecular formula is C61H104O6. The fourth-order valence-electron chi connectivity index (χ4n) is 7.67. The maximum atomic E-state index is 12.8. The van der Waals surface area contributed by atoms with Crippen LogP contribution in [-0.4, -0.2) is 37.2 Å². The van der Waals surface area contributed by atoms with Gasteiger partial charge in [-0.05, 0) is 96.3 Å². The van der Waals surface area contributed by atoms with E-state index in [4.69, 9.17) is 14.2 Å². The molecule has 0 saturated carbocycles. The van der Waals surface area contributed by atoms with Gasteiger partial charge in [-0.2, -0.15) is 0 Å². The highest BCUT2D eigenvalue weighted by atomic mass is 16.6. The van der Waals surface area contributed by atoms with Crippen LogP contribution in [-0.2, 0) is 28.6 Å². The summed E-state index contributed by atoms with van der Waals surface area (Å²) in [5, 5.41) is 0. The van der Waals surface area contributed by atoms with Gasteiger partial charge in [0.1, 0.15) is 13.2 Å². The van der Waals surface area contributed by atoms with Gasteiger partial charge >= 0.3 is 17.9 Å². The summed E-state index contributed by atoms with van der Waals surface area (Å²) in [6, 6.07) is 0. The van der Waals surface area contributed by atoms with Crippen molar-refractivity contribution in [2.45, 2.75) is 271 Å². The maximum Gasteiger partial charge on any atom is 0.306 e. The van der Waals surface area contributed by atoms with E-state index < -0.39 is 6.10 Å². The van der Waals surface area contributed by atoms with E-state index in [1.165, 1.54) is 103 Å². The molecule has 384 valence electrons. The molecule has 0 aliphatic heterocycles. The van der Waals surface area contributed by atoms with Gasteiger partial charge in [-0.1, -0.05) is 234 Å². The molecule has 0 aromatic rings. The zero-order chi connectivity index (χ0) is 48.6. The Bertz CT molecular complexity index is 1300. The summed E-state index contributed by atoms with van der Waals surface area (Å²) in [4.78, 5) is 38.1. The Morgan fingerprint density at radius 3 is 0.881 bits per heavy atom. The van der Waals surface area contributed by atoms with Gasteiger partial charge in [0, 0.05) is 19.3 Å². The average molecular weight is 933 g/mol. The summed E-state index contributed by atoms with van der Waals surface area (Å²) in [5.74, 6) is -0.951. The van der Waals surface area contributed by atoms with Crippen molar-refractivity contribution in [2.75, 3.05) is 13.2 Å². The minimum absolute atomic E-state index is 0.0999. The second kappa shape index (κ2) is 55.2. The Morgan fingerprint density at radius 2 is 0.552 bits per heavy atom. The van der Waals surface area contributed by atoms with E-state index >= 15 is 0 Å². The Balaban J connectivity index is 4.48. The van der Waals surface area contributed by atoms with Crippen molar-refractivity contribution in [3.8, 4) is 0 Å². The van der Waals surface area contributed by atoms with Gasteiger partial charge in [0.15, 0.2) is 6.10 Å². The van der Waals surface area contributed by atoms with Crippen LogP contribution in [0.4, 0.5) is 0 Å². The molecular weight excluding hydrogens is 829 g/mol. The van der Waals surface area contributed by atoms with Crippen LogP contribution in [0.1, 0.15) is 265 Å². The zero-order valence-electron chi connectivity index (χ0n) is 43.9. The first-order valence-corrected chi connectivity index (χ1v) is 28.2. The monoisotopic (exact) mass is 933 g/mol. The molecule has 6 nitrogen and oxygen atoms in total. The Labute approximate surface area is 414 Å². The van der Waals surface area contributed by atoms with E-state index in [-0.39, 0.29) is 31.1 Å². The molecule has 1 atom stereocenters. The first kappa shape index (κ1) is 63.6. The number of unbranched alkanes of at least 4 members (excludes halogenated alkanes) is 29. The molecule has 0 aromatic heterocycles. The molecule has 67 heavy (non-hydrogen) atoms. The van der Waals surface area contributed by atoms with Crippen molar-refractivity contribution in [3.05, 3.63) is 85.1 Å².